The molecular weight excluding hydrogens is 406 g/mol. The Morgan fingerprint density at radius 1 is 0.938 bits per heavy atom. The van der Waals surface area contributed by atoms with Crippen molar-refractivity contribution in [3.8, 4) is 11.5 Å². The summed E-state index contributed by atoms with van der Waals surface area (Å²) in [5.74, 6) is 1.49. The van der Waals surface area contributed by atoms with Gasteiger partial charge in [-0.2, -0.15) is 0 Å². The first-order chi connectivity index (χ1) is 15.4. The molecule has 0 aromatic heterocycles. The van der Waals surface area contributed by atoms with E-state index in [9.17, 15) is 9.59 Å². The molecule has 7 nitrogen and oxygen atoms in total. The van der Waals surface area contributed by atoms with Gasteiger partial charge in [0.15, 0.2) is 11.5 Å². The first kappa shape index (κ1) is 22.0. The summed E-state index contributed by atoms with van der Waals surface area (Å²) in [4.78, 5) is 29.6. The second-order valence-electron chi connectivity index (χ2n) is 9.19. The van der Waals surface area contributed by atoms with Crippen LogP contribution in [0.5, 0.6) is 11.5 Å². The quantitative estimate of drug-likeness (QED) is 0.720. The van der Waals surface area contributed by atoms with Gasteiger partial charge < -0.3 is 24.6 Å². The zero-order chi connectivity index (χ0) is 22.6. The molecule has 4 rings (SSSR count). The highest BCUT2D eigenvalue weighted by molar-refractivity contribution is 5.80. The average molecular weight is 438 g/mol. The molecule has 2 amide bonds. The molecule has 0 radical (unpaired) electrons. The van der Waals surface area contributed by atoms with Crippen LogP contribution in [-0.2, 0) is 16.1 Å². The molecule has 32 heavy (non-hydrogen) atoms. The Hall–Kier alpha value is -3.22. The normalized spacial score (nSPS) is 15.6. The molecule has 2 heterocycles. The van der Waals surface area contributed by atoms with E-state index in [0.29, 0.717) is 38.2 Å². The van der Waals surface area contributed by atoms with Crippen molar-refractivity contribution in [2.75, 3.05) is 37.9 Å². The predicted molar refractivity (Wildman–Crippen MR) is 123 cm³/mol. The van der Waals surface area contributed by atoms with Gasteiger partial charge in [-0.3, -0.25) is 9.59 Å². The Kier molecular flexibility index (Phi) is 6.53. The third-order valence-corrected chi connectivity index (χ3v) is 5.95. The van der Waals surface area contributed by atoms with Gasteiger partial charge >= 0.3 is 0 Å². The maximum Gasteiger partial charge on any atom is 0.231 e. The fourth-order valence-corrected chi connectivity index (χ4v) is 4.19. The molecule has 7 heteroatoms. The number of nitrogens with one attached hydrogen (secondary N) is 1. The number of benzene rings is 2. The Balaban J connectivity index is 1.22. The topological polar surface area (TPSA) is 71.1 Å². The van der Waals surface area contributed by atoms with Crippen LogP contribution in [0.3, 0.4) is 0 Å². The monoisotopic (exact) mass is 437 g/mol. The number of ether oxygens (including phenoxy) is 2. The molecule has 0 atom stereocenters. The van der Waals surface area contributed by atoms with Crippen molar-refractivity contribution in [2.24, 2.45) is 5.41 Å². The number of para-hydroxylation sites is 1. The lowest BCUT2D eigenvalue weighted by Crippen LogP contribution is -2.49. The highest BCUT2D eigenvalue weighted by Gasteiger charge is 2.29. The van der Waals surface area contributed by atoms with Crippen molar-refractivity contribution in [1.82, 2.24) is 10.2 Å². The number of fused-ring (bicyclic) bond motifs is 1. The van der Waals surface area contributed by atoms with Crippen LogP contribution in [0.1, 0.15) is 32.3 Å². The lowest BCUT2D eigenvalue weighted by atomic mass is 9.84. The zero-order valence-electron chi connectivity index (χ0n) is 18.8. The van der Waals surface area contributed by atoms with Crippen LogP contribution in [0, 0.1) is 5.41 Å². The molecule has 2 aromatic carbocycles. The Morgan fingerprint density at radius 2 is 1.66 bits per heavy atom. The van der Waals surface area contributed by atoms with E-state index in [0.717, 1.165) is 24.4 Å². The van der Waals surface area contributed by atoms with E-state index in [1.807, 2.05) is 55.1 Å². The SMILES string of the molecule is CC(C)(CC(=O)NCc1ccc2c(c1)OCO2)CC(=O)N1CCN(c2ccccc2)CC1. The van der Waals surface area contributed by atoms with Gasteiger partial charge in [-0.1, -0.05) is 38.1 Å². The van der Waals surface area contributed by atoms with Gasteiger partial charge in [0.1, 0.15) is 0 Å². The largest absolute Gasteiger partial charge is 0.454 e. The van der Waals surface area contributed by atoms with Crippen molar-refractivity contribution >= 4 is 17.5 Å². The number of nitrogens with zero attached hydrogens (tertiary/aromatic N) is 2. The van der Waals surface area contributed by atoms with E-state index < -0.39 is 5.41 Å². The van der Waals surface area contributed by atoms with Gasteiger partial charge in [-0.05, 0) is 35.2 Å². The molecule has 0 saturated carbocycles. The summed E-state index contributed by atoms with van der Waals surface area (Å²) in [6, 6.07) is 15.9. The summed E-state index contributed by atoms with van der Waals surface area (Å²) >= 11 is 0. The lowest BCUT2D eigenvalue weighted by Gasteiger charge is -2.37. The van der Waals surface area contributed by atoms with Crippen LogP contribution >= 0.6 is 0 Å². The smallest absolute Gasteiger partial charge is 0.231 e. The van der Waals surface area contributed by atoms with Gasteiger partial charge in [0.05, 0.1) is 0 Å². The minimum atomic E-state index is -0.410. The molecule has 0 aliphatic carbocycles. The Bertz CT molecular complexity index is 953. The van der Waals surface area contributed by atoms with E-state index >= 15 is 0 Å². The standard InChI is InChI=1S/C25H31N3O4/c1-25(2,15-23(29)26-17-19-8-9-21-22(14-19)32-18-31-21)16-24(30)28-12-10-27(11-13-28)20-6-4-3-5-7-20/h3-9,14H,10-13,15-18H2,1-2H3,(H,26,29). The second-order valence-corrected chi connectivity index (χ2v) is 9.19. The van der Waals surface area contributed by atoms with Crippen molar-refractivity contribution < 1.29 is 19.1 Å². The number of anilines is 1. The van der Waals surface area contributed by atoms with Crippen LogP contribution in [0.15, 0.2) is 48.5 Å². The van der Waals surface area contributed by atoms with E-state index in [4.69, 9.17) is 9.47 Å². The van der Waals surface area contributed by atoms with E-state index in [2.05, 4.69) is 22.3 Å². The molecule has 2 aliphatic rings. The Morgan fingerprint density at radius 3 is 2.41 bits per heavy atom. The molecule has 2 aliphatic heterocycles. The van der Waals surface area contributed by atoms with Gasteiger partial charge in [-0.15, -0.1) is 0 Å². The van der Waals surface area contributed by atoms with Crippen LogP contribution in [-0.4, -0.2) is 49.7 Å². The minimum absolute atomic E-state index is 0.0608. The third kappa shape index (κ3) is 5.52. The van der Waals surface area contributed by atoms with Gasteiger partial charge in [-0.25, -0.2) is 0 Å². The molecule has 0 unspecified atom stereocenters. The summed E-state index contributed by atoms with van der Waals surface area (Å²) in [5.41, 5.74) is 1.74. The fraction of sp³-hybridized carbons (Fsp3) is 0.440. The Labute approximate surface area is 189 Å². The number of rotatable bonds is 7. The molecule has 1 saturated heterocycles. The van der Waals surface area contributed by atoms with E-state index in [-0.39, 0.29) is 18.6 Å². The molecular formula is C25H31N3O4. The summed E-state index contributed by atoms with van der Waals surface area (Å²) in [6.45, 7) is 7.67. The number of piperazine rings is 1. The van der Waals surface area contributed by atoms with Crippen molar-refractivity contribution in [2.45, 2.75) is 33.2 Å². The zero-order valence-corrected chi connectivity index (χ0v) is 18.8. The van der Waals surface area contributed by atoms with Gasteiger partial charge in [0, 0.05) is 51.3 Å². The van der Waals surface area contributed by atoms with Gasteiger partial charge in [0.25, 0.3) is 0 Å². The maximum absolute atomic E-state index is 12.9. The molecule has 0 bridgehead atoms. The highest BCUT2D eigenvalue weighted by atomic mass is 16.7. The first-order valence-corrected chi connectivity index (χ1v) is 11.1. The summed E-state index contributed by atoms with van der Waals surface area (Å²) in [7, 11) is 0. The molecule has 1 fully saturated rings. The number of carbonyl (C=O) groups excluding carboxylic acids is 2. The van der Waals surface area contributed by atoms with Crippen LogP contribution in [0.2, 0.25) is 0 Å². The van der Waals surface area contributed by atoms with Crippen LogP contribution in [0.4, 0.5) is 5.69 Å². The molecule has 170 valence electrons. The summed E-state index contributed by atoms with van der Waals surface area (Å²) in [5, 5.41) is 2.96. The number of amides is 2. The average Bonchev–Trinajstić information content (AvgIpc) is 3.26. The predicted octanol–water partition coefficient (Wildman–Crippen LogP) is 3.19. The van der Waals surface area contributed by atoms with Crippen molar-refractivity contribution in [3.05, 3.63) is 54.1 Å². The van der Waals surface area contributed by atoms with E-state index in [1.165, 1.54) is 5.69 Å². The van der Waals surface area contributed by atoms with Crippen molar-refractivity contribution in [1.29, 1.82) is 0 Å². The minimum Gasteiger partial charge on any atom is -0.454 e. The highest BCUT2D eigenvalue weighted by Crippen LogP contribution is 2.32. The van der Waals surface area contributed by atoms with E-state index in [1.54, 1.807) is 0 Å². The number of hydrogen-bond acceptors (Lipinski definition) is 5. The van der Waals surface area contributed by atoms with Gasteiger partial charge in [0.2, 0.25) is 18.6 Å². The van der Waals surface area contributed by atoms with Crippen LogP contribution in [0.25, 0.3) is 0 Å². The second kappa shape index (κ2) is 9.51. The molecule has 0 spiro atoms. The number of hydrogen-bond donors (Lipinski definition) is 1. The molecule has 1 N–H and O–H groups in total. The summed E-state index contributed by atoms with van der Waals surface area (Å²) in [6.07, 6.45) is 0.656. The summed E-state index contributed by atoms with van der Waals surface area (Å²) < 4.78 is 10.7. The van der Waals surface area contributed by atoms with Crippen LogP contribution < -0.4 is 19.7 Å². The molecule has 2 aromatic rings. The first-order valence-electron chi connectivity index (χ1n) is 11.1. The third-order valence-electron chi connectivity index (χ3n) is 5.95. The fourth-order valence-electron chi connectivity index (χ4n) is 4.19. The number of carbonyl (C=O) groups is 2. The maximum atomic E-state index is 12.9. The van der Waals surface area contributed by atoms with Crippen molar-refractivity contribution in [3.63, 3.8) is 0 Å². The lowest BCUT2D eigenvalue weighted by molar-refractivity contribution is -0.134.